The molecule has 0 bridgehead atoms. The molecule has 0 spiro atoms. The Bertz CT molecular complexity index is 363. The van der Waals surface area contributed by atoms with Gasteiger partial charge in [-0.2, -0.15) is 0 Å². The molecule has 2 rings (SSSR count). The molecule has 0 amide bonds. The maximum atomic E-state index is 9.16. The molecule has 1 N–H and O–H groups in total. The molecule has 0 atom stereocenters. The first kappa shape index (κ1) is 12.3. The number of aliphatic hydroxyl groups excluding tert-OH is 1. The lowest BCUT2D eigenvalue weighted by atomic mass is 9.91. The molecule has 1 fully saturated rings. The summed E-state index contributed by atoms with van der Waals surface area (Å²) in [6.07, 6.45) is 5.53. The molecule has 1 aliphatic rings. The second-order valence-corrected chi connectivity index (χ2v) is 4.93. The molecule has 0 radical (unpaired) electrons. The van der Waals surface area contributed by atoms with Gasteiger partial charge in [0.1, 0.15) is 11.6 Å². The predicted octanol–water partition coefficient (Wildman–Crippen LogP) is 1.95. The summed E-state index contributed by atoms with van der Waals surface area (Å²) in [5.41, 5.74) is 0. The molecule has 94 valence electrons. The van der Waals surface area contributed by atoms with Crippen LogP contribution in [0.4, 0.5) is 5.82 Å². The molecular weight excluding hydrogens is 214 g/mol. The van der Waals surface area contributed by atoms with Crippen LogP contribution in [0.15, 0.2) is 12.3 Å². The zero-order valence-corrected chi connectivity index (χ0v) is 10.6. The number of anilines is 1. The number of aromatic nitrogens is 2. The summed E-state index contributed by atoms with van der Waals surface area (Å²) < 4.78 is 0. The fourth-order valence-corrected chi connectivity index (χ4v) is 2.09. The Labute approximate surface area is 103 Å². The minimum absolute atomic E-state index is 0.178. The van der Waals surface area contributed by atoms with Gasteiger partial charge in [0.2, 0.25) is 0 Å². The highest BCUT2D eigenvalue weighted by Gasteiger charge is 2.25. The van der Waals surface area contributed by atoms with Crippen LogP contribution >= 0.6 is 0 Å². The van der Waals surface area contributed by atoms with Gasteiger partial charge in [0.25, 0.3) is 0 Å². The van der Waals surface area contributed by atoms with Crippen molar-refractivity contribution in [1.29, 1.82) is 0 Å². The Morgan fingerprint density at radius 2 is 2.24 bits per heavy atom. The van der Waals surface area contributed by atoms with E-state index in [-0.39, 0.29) is 6.61 Å². The van der Waals surface area contributed by atoms with Gasteiger partial charge in [-0.25, -0.2) is 9.97 Å². The zero-order chi connectivity index (χ0) is 12.3. The number of hydrogen-bond acceptors (Lipinski definition) is 4. The Morgan fingerprint density at radius 3 is 2.76 bits per heavy atom. The first-order valence-corrected chi connectivity index (χ1v) is 6.43. The molecular formula is C13H21N3O. The van der Waals surface area contributed by atoms with Crippen LogP contribution in [0.3, 0.4) is 0 Å². The smallest absolute Gasteiger partial charge is 0.133 e. The Balaban J connectivity index is 2.19. The highest BCUT2D eigenvalue weighted by Crippen LogP contribution is 2.28. The van der Waals surface area contributed by atoms with Gasteiger partial charge in [0, 0.05) is 24.7 Å². The van der Waals surface area contributed by atoms with Crippen molar-refractivity contribution in [3.8, 4) is 0 Å². The molecule has 1 aromatic rings. The van der Waals surface area contributed by atoms with Gasteiger partial charge in [-0.15, -0.1) is 0 Å². The van der Waals surface area contributed by atoms with Gasteiger partial charge < -0.3 is 10.0 Å². The second-order valence-electron chi connectivity index (χ2n) is 4.93. The van der Waals surface area contributed by atoms with E-state index in [0.29, 0.717) is 18.5 Å². The lowest BCUT2D eigenvalue weighted by molar-refractivity contribution is 0.283. The van der Waals surface area contributed by atoms with Crippen molar-refractivity contribution in [2.45, 2.75) is 45.1 Å². The maximum Gasteiger partial charge on any atom is 0.133 e. The average Bonchev–Trinajstić information content (AvgIpc) is 2.26. The summed E-state index contributed by atoms with van der Waals surface area (Å²) in [6.45, 7) is 5.04. The van der Waals surface area contributed by atoms with E-state index in [1.807, 2.05) is 12.3 Å². The summed E-state index contributed by atoms with van der Waals surface area (Å²) in [4.78, 5) is 11.1. The second kappa shape index (κ2) is 5.45. The van der Waals surface area contributed by atoms with E-state index < -0.39 is 0 Å². The summed E-state index contributed by atoms with van der Waals surface area (Å²) in [7, 11) is 0. The third-order valence-corrected chi connectivity index (χ3v) is 3.33. The number of aliphatic hydroxyl groups is 1. The highest BCUT2D eigenvalue weighted by molar-refractivity contribution is 5.39. The standard InChI is InChI=1S/C13H21N3O/c1-10(2)13-14-7-6-12(15-13)16(8-9-17)11-4-3-5-11/h6-7,10-11,17H,3-5,8-9H2,1-2H3. The van der Waals surface area contributed by atoms with E-state index in [4.69, 9.17) is 5.11 Å². The summed E-state index contributed by atoms with van der Waals surface area (Å²) in [5.74, 6) is 2.18. The van der Waals surface area contributed by atoms with E-state index in [0.717, 1.165) is 11.6 Å². The van der Waals surface area contributed by atoms with Gasteiger partial charge in [0.15, 0.2) is 0 Å². The first-order valence-electron chi connectivity index (χ1n) is 6.43. The predicted molar refractivity (Wildman–Crippen MR) is 68.2 cm³/mol. The minimum Gasteiger partial charge on any atom is -0.395 e. The van der Waals surface area contributed by atoms with Gasteiger partial charge in [-0.05, 0) is 25.3 Å². The number of nitrogens with zero attached hydrogens (tertiary/aromatic N) is 3. The molecule has 1 aromatic heterocycles. The minimum atomic E-state index is 0.178. The normalized spacial score (nSPS) is 16.0. The van der Waals surface area contributed by atoms with E-state index in [1.54, 1.807) is 0 Å². The highest BCUT2D eigenvalue weighted by atomic mass is 16.3. The van der Waals surface area contributed by atoms with Crippen LogP contribution in [-0.2, 0) is 0 Å². The van der Waals surface area contributed by atoms with Crippen molar-refractivity contribution in [3.63, 3.8) is 0 Å². The Hall–Kier alpha value is -1.16. The SMILES string of the molecule is CC(C)c1nccc(N(CCO)C2CCC2)n1. The van der Waals surface area contributed by atoms with Crippen LogP contribution < -0.4 is 4.90 Å². The first-order chi connectivity index (χ1) is 8.22. The van der Waals surface area contributed by atoms with Crippen LogP contribution in [-0.4, -0.2) is 34.3 Å². The molecule has 0 aliphatic heterocycles. The lowest BCUT2D eigenvalue weighted by Crippen LogP contribution is -2.42. The van der Waals surface area contributed by atoms with Crippen molar-refractivity contribution in [1.82, 2.24) is 9.97 Å². The average molecular weight is 235 g/mol. The molecule has 4 nitrogen and oxygen atoms in total. The monoisotopic (exact) mass is 235 g/mol. The summed E-state index contributed by atoms with van der Waals surface area (Å²) >= 11 is 0. The van der Waals surface area contributed by atoms with Crippen molar-refractivity contribution < 1.29 is 5.11 Å². The maximum absolute atomic E-state index is 9.16. The third kappa shape index (κ3) is 2.75. The fraction of sp³-hybridized carbons (Fsp3) is 0.692. The molecule has 17 heavy (non-hydrogen) atoms. The van der Waals surface area contributed by atoms with E-state index in [1.165, 1.54) is 19.3 Å². The van der Waals surface area contributed by atoms with Crippen molar-refractivity contribution in [2.24, 2.45) is 0 Å². The molecule has 0 unspecified atom stereocenters. The Morgan fingerprint density at radius 1 is 1.47 bits per heavy atom. The van der Waals surface area contributed by atoms with Gasteiger partial charge >= 0.3 is 0 Å². The fourth-order valence-electron chi connectivity index (χ4n) is 2.09. The Kier molecular flexibility index (Phi) is 3.94. The molecule has 1 heterocycles. The summed E-state index contributed by atoms with van der Waals surface area (Å²) in [6, 6.07) is 2.50. The molecule has 1 saturated carbocycles. The molecule has 4 heteroatoms. The zero-order valence-electron chi connectivity index (χ0n) is 10.6. The number of hydrogen-bond donors (Lipinski definition) is 1. The van der Waals surface area contributed by atoms with Crippen molar-refractivity contribution >= 4 is 5.82 Å². The van der Waals surface area contributed by atoms with Crippen LogP contribution in [0.1, 0.15) is 44.9 Å². The van der Waals surface area contributed by atoms with Crippen LogP contribution in [0.5, 0.6) is 0 Å². The van der Waals surface area contributed by atoms with Crippen LogP contribution in [0.2, 0.25) is 0 Å². The largest absolute Gasteiger partial charge is 0.395 e. The molecule has 1 aliphatic carbocycles. The van der Waals surface area contributed by atoms with Crippen LogP contribution in [0.25, 0.3) is 0 Å². The number of rotatable bonds is 5. The van der Waals surface area contributed by atoms with Gasteiger partial charge in [0.05, 0.1) is 6.61 Å². The van der Waals surface area contributed by atoms with Crippen molar-refractivity contribution in [2.75, 3.05) is 18.1 Å². The molecule has 0 saturated heterocycles. The van der Waals surface area contributed by atoms with Gasteiger partial charge in [-0.1, -0.05) is 13.8 Å². The van der Waals surface area contributed by atoms with E-state index in [9.17, 15) is 0 Å². The molecule has 0 aromatic carbocycles. The topological polar surface area (TPSA) is 49.2 Å². The quantitative estimate of drug-likeness (QED) is 0.847. The van der Waals surface area contributed by atoms with Gasteiger partial charge in [-0.3, -0.25) is 0 Å². The van der Waals surface area contributed by atoms with E-state index >= 15 is 0 Å². The lowest BCUT2D eigenvalue weighted by Gasteiger charge is -2.38. The third-order valence-electron chi connectivity index (χ3n) is 3.33. The van der Waals surface area contributed by atoms with Crippen LogP contribution in [0, 0.1) is 0 Å². The van der Waals surface area contributed by atoms with Crippen molar-refractivity contribution in [3.05, 3.63) is 18.1 Å². The summed E-state index contributed by atoms with van der Waals surface area (Å²) in [5, 5.41) is 9.16. The van der Waals surface area contributed by atoms with E-state index in [2.05, 4.69) is 28.7 Å².